The number of Topliss-reactive ketones (excluding diaryl/α,β-unsaturated/α-hetero) is 1. The highest BCUT2D eigenvalue weighted by Gasteiger charge is 2.29. The van der Waals surface area contributed by atoms with Gasteiger partial charge in [-0.05, 0) is 22.3 Å². The van der Waals surface area contributed by atoms with Crippen LogP contribution in [-0.4, -0.2) is 42.7 Å². The quantitative estimate of drug-likeness (QED) is 0.626. The maximum absolute atomic E-state index is 12.2. The fraction of sp³-hybridized carbons (Fsp3) is 0.286. The van der Waals surface area contributed by atoms with Gasteiger partial charge in [-0.15, -0.1) is 0 Å². The van der Waals surface area contributed by atoms with E-state index in [4.69, 9.17) is 4.74 Å². The van der Waals surface area contributed by atoms with Crippen LogP contribution in [0, 0.1) is 0 Å². The van der Waals surface area contributed by atoms with Gasteiger partial charge in [-0.2, -0.15) is 12.6 Å². The lowest BCUT2D eigenvalue weighted by Gasteiger charge is -2.18. The Kier molecular flexibility index (Phi) is 6.36. The van der Waals surface area contributed by atoms with E-state index in [0.717, 1.165) is 22.3 Å². The van der Waals surface area contributed by atoms with Gasteiger partial charge in [0.2, 0.25) is 5.91 Å². The second-order valence-corrected chi connectivity index (χ2v) is 6.95. The number of alkyl carbamates (subject to hydrolysis) is 1. The summed E-state index contributed by atoms with van der Waals surface area (Å²) in [6.45, 7) is 1.32. The summed E-state index contributed by atoms with van der Waals surface area (Å²) in [4.78, 5) is 35.2. The van der Waals surface area contributed by atoms with E-state index in [0.29, 0.717) is 0 Å². The zero-order valence-corrected chi connectivity index (χ0v) is 16.4. The number of hydrogen-bond donors (Lipinski definition) is 3. The molecule has 1 aliphatic carbocycles. The topological polar surface area (TPSA) is 84.5 Å². The van der Waals surface area contributed by atoms with Gasteiger partial charge in [-0.1, -0.05) is 48.5 Å². The largest absolute Gasteiger partial charge is 0.449 e. The molecule has 0 radical (unpaired) electrons. The Labute approximate surface area is 169 Å². The molecule has 0 aromatic heterocycles. The third-order valence-corrected chi connectivity index (χ3v) is 5.08. The molecule has 0 heterocycles. The average molecular weight is 398 g/mol. The van der Waals surface area contributed by atoms with Crippen LogP contribution < -0.4 is 10.6 Å². The van der Waals surface area contributed by atoms with Gasteiger partial charge in [0.25, 0.3) is 0 Å². The molecule has 6 nitrogen and oxygen atoms in total. The molecule has 146 valence electrons. The molecular formula is C21H22N2O4S. The van der Waals surface area contributed by atoms with Crippen LogP contribution in [0.4, 0.5) is 4.79 Å². The lowest BCUT2D eigenvalue weighted by molar-refractivity contribution is -0.124. The van der Waals surface area contributed by atoms with Gasteiger partial charge in [0.15, 0.2) is 5.78 Å². The number of thiol groups is 1. The minimum Gasteiger partial charge on any atom is -0.449 e. The first kappa shape index (κ1) is 19.9. The summed E-state index contributed by atoms with van der Waals surface area (Å²) in [7, 11) is 0. The highest BCUT2D eigenvalue weighted by atomic mass is 32.1. The highest BCUT2D eigenvalue weighted by molar-refractivity contribution is 7.80. The molecule has 1 aliphatic rings. The van der Waals surface area contributed by atoms with E-state index in [1.165, 1.54) is 6.92 Å². The molecule has 0 fully saturated rings. The first-order chi connectivity index (χ1) is 13.5. The van der Waals surface area contributed by atoms with Gasteiger partial charge >= 0.3 is 6.09 Å². The minimum absolute atomic E-state index is 0.0531. The van der Waals surface area contributed by atoms with Crippen molar-refractivity contribution in [2.75, 3.05) is 18.9 Å². The number of ketones is 1. The summed E-state index contributed by atoms with van der Waals surface area (Å²) in [5, 5.41) is 4.94. The van der Waals surface area contributed by atoms with Crippen molar-refractivity contribution in [2.45, 2.75) is 18.9 Å². The van der Waals surface area contributed by atoms with Gasteiger partial charge in [0.1, 0.15) is 12.6 Å². The third kappa shape index (κ3) is 4.36. The number of benzene rings is 2. The Bertz CT molecular complexity index is 854. The van der Waals surface area contributed by atoms with Crippen LogP contribution in [0.5, 0.6) is 0 Å². The van der Waals surface area contributed by atoms with Gasteiger partial charge in [0, 0.05) is 18.6 Å². The maximum Gasteiger partial charge on any atom is 0.407 e. The smallest absolute Gasteiger partial charge is 0.407 e. The molecule has 0 unspecified atom stereocenters. The van der Waals surface area contributed by atoms with Crippen molar-refractivity contribution < 1.29 is 19.1 Å². The molecule has 2 aromatic rings. The summed E-state index contributed by atoms with van der Waals surface area (Å²) in [5.74, 6) is -0.586. The molecule has 28 heavy (non-hydrogen) atoms. The number of ether oxygens (including phenoxy) is 1. The van der Waals surface area contributed by atoms with Crippen molar-refractivity contribution in [3.05, 3.63) is 59.7 Å². The Hall–Kier alpha value is -2.80. The summed E-state index contributed by atoms with van der Waals surface area (Å²) in [6.07, 6.45) is -0.683. The number of hydrogen-bond acceptors (Lipinski definition) is 5. The SMILES string of the molecule is CC(=O)NCC(=O)[C@H](CS)NC(=O)OCC1c2ccccc2-c2ccccc21. The first-order valence-electron chi connectivity index (χ1n) is 9.00. The first-order valence-corrected chi connectivity index (χ1v) is 9.64. The molecule has 0 aliphatic heterocycles. The highest BCUT2D eigenvalue weighted by Crippen LogP contribution is 2.44. The molecule has 3 rings (SSSR count). The van der Waals surface area contributed by atoms with Crippen LogP contribution in [0.2, 0.25) is 0 Å². The zero-order valence-electron chi connectivity index (χ0n) is 15.5. The van der Waals surface area contributed by atoms with Crippen molar-refractivity contribution in [3.63, 3.8) is 0 Å². The Morgan fingerprint density at radius 2 is 1.61 bits per heavy atom. The lowest BCUT2D eigenvalue weighted by atomic mass is 9.98. The summed E-state index contributed by atoms with van der Waals surface area (Å²) < 4.78 is 5.42. The van der Waals surface area contributed by atoms with Crippen LogP contribution in [0.15, 0.2) is 48.5 Å². The Morgan fingerprint density at radius 3 is 2.14 bits per heavy atom. The number of carbonyl (C=O) groups is 3. The van der Waals surface area contributed by atoms with E-state index in [2.05, 4.69) is 35.4 Å². The van der Waals surface area contributed by atoms with E-state index in [1.54, 1.807) is 0 Å². The van der Waals surface area contributed by atoms with Gasteiger partial charge in [-0.3, -0.25) is 9.59 Å². The maximum atomic E-state index is 12.2. The van der Waals surface area contributed by atoms with Crippen molar-refractivity contribution in [1.82, 2.24) is 10.6 Å². The van der Waals surface area contributed by atoms with Crippen LogP contribution >= 0.6 is 12.6 Å². The lowest BCUT2D eigenvalue weighted by Crippen LogP contribution is -2.46. The predicted octanol–water partition coefficient (Wildman–Crippen LogP) is 2.53. The zero-order chi connectivity index (χ0) is 20.1. The molecule has 2 amide bonds. The van der Waals surface area contributed by atoms with Crippen molar-refractivity contribution in [3.8, 4) is 11.1 Å². The molecule has 0 spiro atoms. The molecular weight excluding hydrogens is 376 g/mol. The molecule has 7 heteroatoms. The summed E-state index contributed by atoms with van der Waals surface area (Å²) in [5.41, 5.74) is 4.52. The van der Waals surface area contributed by atoms with Crippen LogP contribution in [0.3, 0.4) is 0 Å². The minimum atomic E-state index is -0.828. The van der Waals surface area contributed by atoms with Crippen LogP contribution in [0.25, 0.3) is 11.1 Å². The number of fused-ring (bicyclic) bond motifs is 3. The monoisotopic (exact) mass is 398 g/mol. The normalized spacial score (nSPS) is 13.2. The summed E-state index contributed by atoms with van der Waals surface area (Å²) >= 11 is 4.10. The van der Waals surface area contributed by atoms with Crippen molar-refractivity contribution >= 4 is 30.4 Å². The van der Waals surface area contributed by atoms with Gasteiger partial charge in [0.05, 0.1) is 6.54 Å². The Balaban J connectivity index is 1.63. The predicted molar refractivity (Wildman–Crippen MR) is 110 cm³/mol. The number of amides is 2. The number of carbonyl (C=O) groups excluding carboxylic acids is 3. The molecule has 0 saturated carbocycles. The van der Waals surface area contributed by atoms with E-state index < -0.39 is 12.1 Å². The van der Waals surface area contributed by atoms with E-state index in [1.807, 2.05) is 36.4 Å². The molecule has 0 saturated heterocycles. The molecule has 2 aromatic carbocycles. The van der Waals surface area contributed by atoms with E-state index in [9.17, 15) is 14.4 Å². The van der Waals surface area contributed by atoms with Crippen LogP contribution in [0.1, 0.15) is 24.0 Å². The number of nitrogens with one attached hydrogen (secondary N) is 2. The second kappa shape index (κ2) is 8.93. The van der Waals surface area contributed by atoms with E-state index in [-0.39, 0.29) is 36.5 Å². The van der Waals surface area contributed by atoms with E-state index >= 15 is 0 Å². The number of rotatable bonds is 7. The van der Waals surface area contributed by atoms with Crippen LogP contribution in [-0.2, 0) is 14.3 Å². The van der Waals surface area contributed by atoms with Gasteiger partial charge < -0.3 is 15.4 Å². The van der Waals surface area contributed by atoms with Gasteiger partial charge in [-0.25, -0.2) is 4.79 Å². The molecule has 1 atom stereocenters. The summed E-state index contributed by atoms with van der Waals surface area (Å²) in [6, 6.07) is 15.3. The standard InChI is InChI=1S/C21H22N2O4S/c1-13(24)22-10-20(25)19(12-28)23-21(26)27-11-18-16-8-4-2-6-14(16)15-7-3-5-9-17(15)18/h2-9,18-19,28H,10-12H2,1H3,(H,22,24)(H,23,26)/t19-/m0/s1. The average Bonchev–Trinajstić information content (AvgIpc) is 3.02. The fourth-order valence-electron chi connectivity index (χ4n) is 3.35. The second-order valence-electron chi connectivity index (χ2n) is 6.58. The molecule has 0 bridgehead atoms. The van der Waals surface area contributed by atoms with Crippen molar-refractivity contribution in [2.24, 2.45) is 0 Å². The third-order valence-electron chi connectivity index (χ3n) is 4.72. The fourth-order valence-corrected chi connectivity index (χ4v) is 3.64. The molecule has 2 N–H and O–H groups in total. The van der Waals surface area contributed by atoms with Crippen molar-refractivity contribution in [1.29, 1.82) is 0 Å². The Morgan fingerprint density at radius 1 is 1.04 bits per heavy atom.